The van der Waals surface area contributed by atoms with Gasteiger partial charge < -0.3 is 14.1 Å². The molecule has 1 aliphatic rings. The van der Waals surface area contributed by atoms with E-state index in [1.165, 1.54) is 6.42 Å². The van der Waals surface area contributed by atoms with E-state index in [1.54, 1.807) is 36.2 Å². The first-order valence-electron chi connectivity index (χ1n) is 9.16. The van der Waals surface area contributed by atoms with E-state index < -0.39 is 5.97 Å². The number of rotatable bonds is 7. The summed E-state index contributed by atoms with van der Waals surface area (Å²) in [5.41, 5.74) is 0.739. The van der Waals surface area contributed by atoms with Crippen molar-refractivity contribution in [3.05, 3.63) is 29.3 Å². The molecule has 0 aliphatic heterocycles. The van der Waals surface area contributed by atoms with E-state index in [1.807, 2.05) is 0 Å². The van der Waals surface area contributed by atoms with Crippen molar-refractivity contribution in [1.29, 1.82) is 0 Å². The molecule has 0 saturated heterocycles. The third kappa shape index (κ3) is 5.72. The van der Waals surface area contributed by atoms with Crippen LogP contribution in [0.25, 0.3) is 11.5 Å². The van der Waals surface area contributed by atoms with Crippen molar-refractivity contribution in [3.8, 4) is 11.5 Å². The van der Waals surface area contributed by atoms with E-state index >= 15 is 0 Å². The molecule has 28 heavy (non-hydrogen) atoms. The van der Waals surface area contributed by atoms with E-state index in [0.29, 0.717) is 10.9 Å². The number of thioether (sulfide) groups is 1. The molecule has 9 heteroatoms. The maximum atomic E-state index is 12.2. The summed E-state index contributed by atoms with van der Waals surface area (Å²) in [6, 6.07) is 7.25. The van der Waals surface area contributed by atoms with E-state index in [-0.39, 0.29) is 29.5 Å². The number of nitrogens with zero attached hydrogens (tertiary/aromatic N) is 3. The zero-order valence-corrected chi connectivity index (χ0v) is 17.2. The second kappa shape index (κ2) is 9.93. The first-order valence-corrected chi connectivity index (χ1v) is 10.5. The van der Waals surface area contributed by atoms with Gasteiger partial charge >= 0.3 is 5.97 Å². The Kier molecular flexibility index (Phi) is 7.33. The zero-order chi connectivity index (χ0) is 19.9. The fourth-order valence-electron chi connectivity index (χ4n) is 3.06. The third-order valence-electron chi connectivity index (χ3n) is 4.68. The normalized spacial score (nSPS) is 14.6. The second-order valence-electron chi connectivity index (χ2n) is 6.63. The largest absolute Gasteiger partial charge is 0.455 e. The Morgan fingerprint density at radius 3 is 2.64 bits per heavy atom. The van der Waals surface area contributed by atoms with E-state index in [4.69, 9.17) is 20.8 Å². The average Bonchev–Trinajstić information content (AvgIpc) is 3.20. The first kappa shape index (κ1) is 20.7. The molecule has 0 unspecified atom stereocenters. The van der Waals surface area contributed by atoms with Gasteiger partial charge in [-0.05, 0) is 37.1 Å². The van der Waals surface area contributed by atoms with Crippen LogP contribution in [-0.2, 0) is 14.3 Å². The molecular weight excluding hydrogens is 402 g/mol. The van der Waals surface area contributed by atoms with Crippen LogP contribution in [0, 0.1) is 0 Å². The maximum absolute atomic E-state index is 12.2. The average molecular weight is 424 g/mol. The van der Waals surface area contributed by atoms with Crippen molar-refractivity contribution in [3.63, 3.8) is 0 Å². The van der Waals surface area contributed by atoms with Gasteiger partial charge in [0, 0.05) is 23.7 Å². The molecule has 7 nitrogen and oxygen atoms in total. The van der Waals surface area contributed by atoms with Crippen molar-refractivity contribution in [2.45, 2.75) is 43.4 Å². The zero-order valence-electron chi connectivity index (χ0n) is 15.6. The molecule has 0 spiro atoms. The summed E-state index contributed by atoms with van der Waals surface area (Å²) in [5, 5.41) is 8.72. The van der Waals surface area contributed by atoms with Crippen LogP contribution in [0.15, 0.2) is 33.9 Å². The predicted molar refractivity (Wildman–Crippen MR) is 106 cm³/mol. The summed E-state index contributed by atoms with van der Waals surface area (Å²) in [6.45, 7) is -0.244. The Balaban J connectivity index is 1.42. The highest BCUT2D eigenvalue weighted by atomic mass is 35.5. The Bertz CT molecular complexity index is 806. The lowest BCUT2D eigenvalue weighted by Crippen LogP contribution is -2.40. The molecule has 0 atom stereocenters. The van der Waals surface area contributed by atoms with Crippen LogP contribution in [0.2, 0.25) is 5.02 Å². The van der Waals surface area contributed by atoms with Crippen LogP contribution in [0.3, 0.4) is 0 Å². The number of hydrogen-bond acceptors (Lipinski definition) is 7. The Morgan fingerprint density at radius 2 is 1.93 bits per heavy atom. The van der Waals surface area contributed by atoms with E-state index in [9.17, 15) is 9.59 Å². The van der Waals surface area contributed by atoms with Gasteiger partial charge in [0.1, 0.15) is 5.75 Å². The van der Waals surface area contributed by atoms with Gasteiger partial charge in [-0.2, -0.15) is 0 Å². The van der Waals surface area contributed by atoms with Crippen molar-refractivity contribution in [1.82, 2.24) is 15.1 Å². The van der Waals surface area contributed by atoms with Gasteiger partial charge in [0.25, 0.3) is 11.1 Å². The molecule has 0 bridgehead atoms. The lowest BCUT2D eigenvalue weighted by Gasteiger charge is -2.31. The van der Waals surface area contributed by atoms with Gasteiger partial charge in [0.2, 0.25) is 5.89 Å². The minimum Gasteiger partial charge on any atom is -0.455 e. The number of amides is 1. The molecule has 150 valence electrons. The predicted octanol–water partition coefficient (Wildman–Crippen LogP) is 3.82. The number of carbonyl (C=O) groups excluding carboxylic acids is 2. The van der Waals surface area contributed by atoms with Crippen LogP contribution < -0.4 is 0 Å². The van der Waals surface area contributed by atoms with Crippen molar-refractivity contribution < 1.29 is 18.7 Å². The van der Waals surface area contributed by atoms with Crippen LogP contribution in [0.5, 0.6) is 0 Å². The summed E-state index contributed by atoms with van der Waals surface area (Å²) in [5.74, 6) is -0.339. The first-order chi connectivity index (χ1) is 13.5. The minimum atomic E-state index is -0.498. The monoisotopic (exact) mass is 423 g/mol. The van der Waals surface area contributed by atoms with Crippen LogP contribution in [-0.4, -0.2) is 52.4 Å². The number of esters is 1. The molecule has 1 aromatic heterocycles. The van der Waals surface area contributed by atoms with E-state index in [2.05, 4.69) is 10.2 Å². The van der Waals surface area contributed by atoms with Gasteiger partial charge in [0.15, 0.2) is 6.61 Å². The molecular formula is C19H22ClN3O4S. The number of halogens is 1. The number of likely N-dealkylation sites (N-methyl/N-ethyl adjacent to an activating group) is 1. The quantitative estimate of drug-likeness (QED) is 0.494. The molecule has 1 fully saturated rings. The molecule has 1 aromatic carbocycles. The Labute approximate surface area is 172 Å². The lowest BCUT2D eigenvalue weighted by molar-refractivity contribution is -0.150. The summed E-state index contributed by atoms with van der Waals surface area (Å²) in [7, 11) is 1.78. The molecule has 2 aromatic rings. The standard InChI is InChI=1S/C19H22ClN3O4S/c1-23(15-5-3-2-4-6-15)16(24)11-26-17(25)12-28-19-22-21-18(27-19)13-7-9-14(20)10-8-13/h7-10,15H,2-6,11-12H2,1H3. The number of hydrogen-bond donors (Lipinski definition) is 0. The SMILES string of the molecule is CN(C(=O)COC(=O)CSc1nnc(-c2ccc(Cl)cc2)o1)C1CCCCC1. The molecule has 1 amide bonds. The topological polar surface area (TPSA) is 85.5 Å². The molecule has 1 heterocycles. The summed E-state index contributed by atoms with van der Waals surface area (Å²) >= 11 is 6.92. The van der Waals surface area contributed by atoms with Gasteiger partial charge in [-0.15, -0.1) is 10.2 Å². The summed E-state index contributed by atoms with van der Waals surface area (Å²) < 4.78 is 10.6. The third-order valence-corrected chi connectivity index (χ3v) is 5.73. The van der Waals surface area contributed by atoms with Gasteiger partial charge in [0.05, 0.1) is 0 Å². The van der Waals surface area contributed by atoms with Gasteiger partial charge in [-0.3, -0.25) is 9.59 Å². The fraction of sp³-hybridized carbons (Fsp3) is 0.474. The smallest absolute Gasteiger partial charge is 0.316 e. The molecule has 1 aliphatic carbocycles. The fourth-order valence-corrected chi connectivity index (χ4v) is 3.74. The van der Waals surface area contributed by atoms with E-state index in [0.717, 1.165) is 43.0 Å². The summed E-state index contributed by atoms with van der Waals surface area (Å²) in [6.07, 6.45) is 5.53. The van der Waals surface area contributed by atoms with Crippen LogP contribution in [0.1, 0.15) is 32.1 Å². The Morgan fingerprint density at radius 1 is 1.21 bits per heavy atom. The highest BCUT2D eigenvalue weighted by Crippen LogP contribution is 2.24. The number of benzene rings is 1. The van der Waals surface area contributed by atoms with Crippen molar-refractivity contribution in [2.24, 2.45) is 0 Å². The van der Waals surface area contributed by atoms with Crippen molar-refractivity contribution in [2.75, 3.05) is 19.4 Å². The molecule has 0 N–H and O–H groups in total. The van der Waals surface area contributed by atoms with Gasteiger partial charge in [-0.25, -0.2) is 0 Å². The number of ether oxygens (including phenoxy) is 1. The lowest BCUT2D eigenvalue weighted by atomic mass is 9.94. The van der Waals surface area contributed by atoms with Crippen LogP contribution >= 0.6 is 23.4 Å². The number of aromatic nitrogens is 2. The number of carbonyl (C=O) groups is 2. The van der Waals surface area contributed by atoms with Gasteiger partial charge in [-0.1, -0.05) is 42.6 Å². The molecule has 1 saturated carbocycles. The Hall–Kier alpha value is -2.06. The minimum absolute atomic E-state index is 0.0112. The second-order valence-corrected chi connectivity index (χ2v) is 7.99. The molecule has 3 rings (SSSR count). The maximum Gasteiger partial charge on any atom is 0.316 e. The molecule has 0 radical (unpaired) electrons. The highest BCUT2D eigenvalue weighted by Gasteiger charge is 2.23. The summed E-state index contributed by atoms with van der Waals surface area (Å²) in [4.78, 5) is 25.8. The van der Waals surface area contributed by atoms with Crippen LogP contribution in [0.4, 0.5) is 0 Å². The van der Waals surface area contributed by atoms with Crippen molar-refractivity contribution >= 4 is 35.2 Å². The highest BCUT2D eigenvalue weighted by molar-refractivity contribution is 7.99.